The largest absolute Gasteiger partial charge is 0.486 e. The second kappa shape index (κ2) is 7.35. The van der Waals surface area contributed by atoms with Gasteiger partial charge in [-0.15, -0.1) is 0 Å². The van der Waals surface area contributed by atoms with Crippen molar-refractivity contribution in [3.05, 3.63) is 72.3 Å². The number of ether oxygens (including phenoxy) is 2. The fourth-order valence-electron chi connectivity index (χ4n) is 2.96. The number of rotatable bonds is 4. The van der Waals surface area contributed by atoms with Crippen LogP contribution in [0.15, 0.2) is 66.7 Å². The van der Waals surface area contributed by atoms with Crippen molar-refractivity contribution in [3.8, 4) is 11.5 Å². The van der Waals surface area contributed by atoms with Crippen LogP contribution >= 0.6 is 0 Å². The molecule has 0 saturated carbocycles. The van der Waals surface area contributed by atoms with Crippen LogP contribution in [0.5, 0.6) is 11.5 Å². The molecule has 0 aromatic heterocycles. The lowest BCUT2D eigenvalue weighted by atomic mass is 10.1. The molecule has 0 radical (unpaired) electrons. The number of nitrogens with one attached hydrogen (secondary N) is 2. The molecule has 2 amide bonds. The van der Waals surface area contributed by atoms with Gasteiger partial charge in [0.05, 0.1) is 6.54 Å². The Hall–Kier alpha value is -3.21. The van der Waals surface area contributed by atoms with Gasteiger partial charge >= 0.3 is 6.03 Å². The SMILES string of the molecule is O=C(NCc1ccc2ccccc2c1)NC[C@@H]1COc2ccccc2O1. The molecule has 0 unspecified atom stereocenters. The average molecular weight is 348 g/mol. The maximum absolute atomic E-state index is 12.0. The third kappa shape index (κ3) is 3.72. The first kappa shape index (κ1) is 16.3. The first-order chi connectivity index (χ1) is 12.8. The van der Waals surface area contributed by atoms with Gasteiger partial charge in [0, 0.05) is 6.54 Å². The molecule has 1 heterocycles. The van der Waals surface area contributed by atoms with Crippen LogP contribution in [-0.2, 0) is 6.54 Å². The highest BCUT2D eigenvalue weighted by Crippen LogP contribution is 2.30. The van der Waals surface area contributed by atoms with E-state index < -0.39 is 0 Å². The Labute approximate surface area is 151 Å². The molecule has 0 aliphatic carbocycles. The Bertz CT molecular complexity index is 926. The van der Waals surface area contributed by atoms with E-state index in [0.29, 0.717) is 25.4 Å². The zero-order valence-electron chi connectivity index (χ0n) is 14.3. The lowest BCUT2D eigenvalue weighted by Crippen LogP contribution is -2.44. The molecule has 132 valence electrons. The van der Waals surface area contributed by atoms with Gasteiger partial charge in [-0.3, -0.25) is 0 Å². The zero-order valence-corrected chi connectivity index (χ0v) is 14.3. The first-order valence-corrected chi connectivity index (χ1v) is 8.66. The fraction of sp³-hybridized carbons (Fsp3) is 0.190. The van der Waals surface area contributed by atoms with Gasteiger partial charge in [0.15, 0.2) is 17.6 Å². The van der Waals surface area contributed by atoms with Crippen LogP contribution in [0.25, 0.3) is 10.8 Å². The quantitative estimate of drug-likeness (QED) is 0.759. The number of hydrogen-bond donors (Lipinski definition) is 2. The second-order valence-electron chi connectivity index (χ2n) is 6.24. The van der Waals surface area contributed by atoms with E-state index in [1.807, 2.05) is 42.5 Å². The van der Waals surface area contributed by atoms with Gasteiger partial charge in [-0.2, -0.15) is 0 Å². The van der Waals surface area contributed by atoms with Crippen molar-refractivity contribution in [2.75, 3.05) is 13.2 Å². The Morgan fingerprint density at radius 3 is 2.58 bits per heavy atom. The van der Waals surface area contributed by atoms with Gasteiger partial charge in [0.25, 0.3) is 0 Å². The zero-order chi connectivity index (χ0) is 17.8. The summed E-state index contributed by atoms with van der Waals surface area (Å²) in [6, 6.07) is 21.7. The Morgan fingerprint density at radius 1 is 0.923 bits per heavy atom. The normalized spacial score (nSPS) is 15.5. The van der Waals surface area contributed by atoms with Crippen LogP contribution in [0.3, 0.4) is 0 Å². The molecule has 0 bridgehead atoms. The maximum atomic E-state index is 12.0. The second-order valence-corrected chi connectivity index (χ2v) is 6.24. The van der Waals surface area contributed by atoms with Crippen molar-refractivity contribution >= 4 is 16.8 Å². The highest BCUT2D eigenvalue weighted by molar-refractivity contribution is 5.83. The molecule has 0 fully saturated rings. The van der Waals surface area contributed by atoms with Crippen molar-refractivity contribution in [1.29, 1.82) is 0 Å². The molecule has 3 aromatic rings. The van der Waals surface area contributed by atoms with Gasteiger partial charge in [0.1, 0.15) is 6.61 Å². The molecule has 1 aliphatic heterocycles. The van der Waals surface area contributed by atoms with E-state index in [-0.39, 0.29) is 12.1 Å². The van der Waals surface area contributed by atoms with Crippen LogP contribution in [0.4, 0.5) is 4.79 Å². The average Bonchev–Trinajstić information content (AvgIpc) is 2.70. The highest BCUT2D eigenvalue weighted by atomic mass is 16.6. The van der Waals surface area contributed by atoms with Crippen molar-refractivity contribution in [1.82, 2.24) is 10.6 Å². The number of carbonyl (C=O) groups excluding carboxylic acids is 1. The van der Waals surface area contributed by atoms with Crippen LogP contribution in [0, 0.1) is 0 Å². The van der Waals surface area contributed by atoms with E-state index in [4.69, 9.17) is 9.47 Å². The Balaban J connectivity index is 1.26. The monoisotopic (exact) mass is 348 g/mol. The molecule has 2 N–H and O–H groups in total. The lowest BCUT2D eigenvalue weighted by Gasteiger charge is -2.26. The van der Waals surface area contributed by atoms with E-state index in [1.165, 1.54) is 10.8 Å². The summed E-state index contributed by atoms with van der Waals surface area (Å²) >= 11 is 0. The summed E-state index contributed by atoms with van der Waals surface area (Å²) in [4.78, 5) is 12.0. The van der Waals surface area contributed by atoms with Gasteiger partial charge in [-0.05, 0) is 34.5 Å². The summed E-state index contributed by atoms with van der Waals surface area (Å²) in [5.74, 6) is 1.45. The molecular weight excluding hydrogens is 328 g/mol. The van der Waals surface area contributed by atoms with E-state index in [0.717, 1.165) is 11.3 Å². The Kier molecular flexibility index (Phi) is 4.60. The summed E-state index contributed by atoms with van der Waals surface area (Å²) in [6.45, 7) is 1.28. The topological polar surface area (TPSA) is 59.6 Å². The summed E-state index contributed by atoms with van der Waals surface area (Å²) in [5.41, 5.74) is 1.06. The summed E-state index contributed by atoms with van der Waals surface area (Å²) in [7, 11) is 0. The predicted octanol–water partition coefficient (Wildman–Crippen LogP) is 3.48. The van der Waals surface area contributed by atoms with Gasteiger partial charge in [0.2, 0.25) is 0 Å². The van der Waals surface area contributed by atoms with Gasteiger partial charge < -0.3 is 20.1 Å². The van der Waals surface area contributed by atoms with Crippen LogP contribution < -0.4 is 20.1 Å². The smallest absolute Gasteiger partial charge is 0.315 e. The van der Waals surface area contributed by atoms with Crippen LogP contribution in [-0.4, -0.2) is 25.3 Å². The number of hydrogen-bond acceptors (Lipinski definition) is 3. The minimum atomic E-state index is -0.222. The lowest BCUT2D eigenvalue weighted by molar-refractivity contribution is 0.0918. The van der Waals surface area contributed by atoms with E-state index >= 15 is 0 Å². The van der Waals surface area contributed by atoms with Crippen molar-refractivity contribution in [2.45, 2.75) is 12.6 Å². The molecule has 1 atom stereocenters. The molecule has 0 spiro atoms. The molecule has 5 heteroatoms. The molecule has 5 nitrogen and oxygen atoms in total. The molecular formula is C21H20N2O3. The summed E-state index contributed by atoms with van der Waals surface area (Å²) in [6.07, 6.45) is -0.198. The number of fused-ring (bicyclic) bond motifs is 2. The minimum Gasteiger partial charge on any atom is -0.486 e. The number of para-hydroxylation sites is 2. The molecule has 1 aliphatic rings. The number of carbonyl (C=O) groups is 1. The first-order valence-electron chi connectivity index (χ1n) is 8.66. The third-order valence-corrected chi connectivity index (χ3v) is 4.32. The summed E-state index contributed by atoms with van der Waals surface area (Å²) in [5, 5.41) is 8.07. The number of benzene rings is 3. The summed E-state index contributed by atoms with van der Waals surface area (Å²) < 4.78 is 11.5. The van der Waals surface area contributed by atoms with E-state index in [1.54, 1.807) is 0 Å². The third-order valence-electron chi connectivity index (χ3n) is 4.32. The maximum Gasteiger partial charge on any atom is 0.315 e. The number of urea groups is 1. The van der Waals surface area contributed by atoms with Crippen LogP contribution in [0.2, 0.25) is 0 Å². The molecule has 3 aromatic carbocycles. The number of amides is 2. The molecule has 26 heavy (non-hydrogen) atoms. The van der Waals surface area contributed by atoms with Gasteiger partial charge in [-0.25, -0.2) is 4.79 Å². The standard InChI is InChI=1S/C21H20N2O3/c24-21(22-12-15-9-10-16-5-1-2-6-17(16)11-15)23-13-18-14-25-19-7-3-4-8-20(19)26-18/h1-11,18H,12-14H2,(H2,22,23,24)/t18-/m1/s1. The highest BCUT2D eigenvalue weighted by Gasteiger charge is 2.20. The molecule has 0 saturated heterocycles. The van der Waals surface area contributed by atoms with E-state index in [9.17, 15) is 4.79 Å². The minimum absolute atomic E-state index is 0.198. The molecule has 4 rings (SSSR count). The van der Waals surface area contributed by atoms with Gasteiger partial charge in [-0.1, -0.05) is 48.5 Å². The predicted molar refractivity (Wildman–Crippen MR) is 101 cm³/mol. The van der Waals surface area contributed by atoms with Crippen LogP contribution in [0.1, 0.15) is 5.56 Å². The van der Waals surface area contributed by atoms with Crippen molar-refractivity contribution < 1.29 is 14.3 Å². The fourth-order valence-corrected chi connectivity index (χ4v) is 2.96. The van der Waals surface area contributed by atoms with Crippen molar-refractivity contribution in [3.63, 3.8) is 0 Å². The van der Waals surface area contributed by atoms with E-state index in [2.05, 4.69) is 34.9 Å². The van der Waals surface area contributed by atoms with Crippen molar-refractivity contribution in [2.24, 2.45) is 0 Å². The Morgan fingerprint density at radius 2 is 1.69 bits per heavy atom.